The molecule has 110 valence electrons. The SMILES string of the molecule is COc1ccc(C(CO)NC(=O)c2ccccc2)cc1I. The highest BCUT2D eigenvalue weighted by molar-refractivity contribution is 14.1. The van der Waals surface area contributed by atoms with Crippen molar-refractivity contribution in [2.45, 2.75) is 6.04 Å². The topological polar surface area (TPSA) is 58.6 Å². The molecule has 4 nitrogen and oxygen atoms in total. The normalized spacial score (nSPS) is 11.8. The molecule has 0 aromatic heterocycles. The molecule has 1 atom stereocenters. The van der Waals surface area contributed by atoms with E-state index in [1.807, 2.05) is 24.3 Å². The van der Waals surface area contributed by atoms with Crippen molar-refractivity contribution >= 4 is 28.5 Å². The van der Waals surface area contributed by atoms with Crippen LogP contribution in [0.25, 0.3) is 0 Å². The van der Waals surface area contributed by atoms with Gasteiger partial charge in [0.1, 0.15) is 5.75 Å². The lowest BCUT2D eigenvalue weighted by atomic mass is 10.1. The van der Waals surface area contributed by atoms with Gasteiger partial charge in [0.25, 0.3) is 5.91 Å². The number of aliphatic hydroxyl groups is 1. The van der Waals surface area contributed by atoms with Gasteiger partial charge in [-0.15, -0.1) is 0 Å². The summed E-state index contributed by atoms with van der Waals surface area (Å²) >= 11 is 2.16. The van der Waals surface area contributed by atoms with Gasteiger partial charge in [-0.1, -0.05) is 24.3 Å². The Morgan fingerprint density at radius 3 is 2.57 bits per heavy atom. The van der Waals surface area contributed by atoms with Crippen molar-refractivity contribution in [1.82, 2.24) is 5.32 Å². The van der Waals surface area contributed by atoms with E-state index in [1.54, 1.807) is 31.4 Å². The van der Waals surface area contributed by atoms with Crippen LogP contribution in [0, 0.1) is 3.57 Å². The minimum Gasteiger partial charge on any atom is -0.496 e. The lowest BCUT2D eigenvalue weighted by molar-refractivity contribution is 0.0916. The Kier molecular flexibility index (Phi) is 5.58. The number of hydrogen-bond donors (Lipinski definition) is 2. The van der Waals surface area contributed by atoms with Gasteiger partial charge < -0.3 is 15.2 Å². The van der Waals surface area contributed by atoms with E-state index in [1.165, 1.54) is 0 Å². The molecule has 1 amide bonds. The largest absolute Gasteiger partial charge is 0.496 e. The van der Waals surface area contributed by atoms with Crippen LogP contribution < -0.4 is 10.1 Å². The van der Waals surface area contributed by atoms with Crippen LogP contribution in [0.2, 0.25) is 0 Å². The molecule has 2 rings (SSSR count). The molecule has 0 aliphatic heterocycles. The van der Waals surface area contributed by atoms with Crippen LogP contribution in [0.4, 0.5) is 0 Å². The number of hydrogen-bond acceptors (Lipinski definition) is 3. The Morgan fingerprint density at radius 1 is 1.29 bits per heavy atom. The highest BCUT2D eigenvalue weighted by atomic mass is 127. The van der Waals surface area contributed by atoms with Crippen molar-refractivity contribution in [1.29, 1.82) is 0 Å². The summed E-state index contributed by atoms with van der Waals surface area (Å²) in [6.45, 7) is -0.166. The van der Waals surface area contributed by atoms with Crippen LogP contribution in [-0.4, -0.2) is 24.7 Å². The number of nitrogens with one attached hydrogen (secondary N) is 1. The highest BCUT2D eigenvalue weighted by Gasteiger charge is 2.16. The number of benzene rings is 2. The number of halogens is 1. The van der Waals surface area contributed by atoms with E-state index in [0.29, 0.717) is 5.56 Å². The van der Waals surface area contributed by atoms with Crippen LogP contribution in [0.3, 0.4) is 0 Å². The number of methoxy groups -OCH3 is 1. The fraction of sp³-hybridized carbons (Fsp3) is 0.188. The first kappa shape index (κ1) is 15.8. The second-order valence-corrected chi connectivity index (χ2v) is 5.63. The molecule has 0 fully saturated rings. The monoisotopic (exact) mass is 397 g/mol. The Morgan fingerprint density at radius 2 is 2.00 bits per heavy atom. The number of amides is 1. The third kappa shape index (κ3) is 3.95. The maximum Gasteiger partial charge on any atom is 0.251 e. The van der Waals surface area contributed by atoms with E-state index in [0.717, 1.165) is 14.9 Å². The van der Waals surface area contributed by atoms with E-state index < -0.39 is 6.04 Å². The number of carbonyl (C=O) groups is 1. The van der Waals surface area contributed by atoms with Crippen molar-refractivity contribution in [3.05, 3.63) is 63.2 Å². The molecular weight excluding hydrogens is 381 g/mol. The van der Waals surface area contributed by atoms with Crippen LogP contribution in [0.5, 0.6) is 5.75 Å². The van der Waals surface area contributed by atoms with Gasteiger partial charge in [-0.2, -0.15) is 0 Å². The predicted octanol–water partition coefficient (Wildman–Crippen LogP) is 2.76. The third-order valence-corrected chi connectivity index (χ3v) is 3.95. The molecular formula is C16H16INO3. The van der Waals surface area contributed by atoms with E-state index in [4.69, 9.17) is 4.74 Å². The molecule has 1 unspecified atom stereocenters. The number of ether oxygens (including phenoxy) is 1. The van der Waals surface area contributed by atoms with Crippen molar-refractivity contribution < 1.29 is 14.6 Å². The molecule has 0 spiro atoms. The molecule has 21 heavy (non-hydrogen) atoms. The second-order valence-electron chi connectivity index (χ2n) is 4.47. The zero-order chi connectivity index (χ0) is 15.2. The van der Waals surface area contributed by atoms with Crippen molar-refractivity contribution in [2.24, 2.45) is 0 Å². The van der Waals surface area contributed by atoms with E-state index in [2.05, 4.69) is 27.9 Å². The lowest BCUT2D eigenvalue weighted by Gasteiger charge is -2.18. The zero-order valence-corrected chi connectivity index (χ0v) is 13.7. The molecule has 2 aromatic carbocycles. The van der Waals surface area contributed by atoms with E-state index in [-0.39, 0.29) is 12.5 Å². The maximum atomic E-state index is 12.1. The lowest BCUT2D eigenvalue weighted by Crippen LogP contribution is -2.30. The van der Waals surface area contributed by atoms with Gasteiger partial charge >= 0.3 is 0 Å². The third-order valence-electron chi connectivity index (χ3n) is 3.10. The molecule has 0 aliphatic carbocycles. The fourth-order valence-corrected chi connectivity index (χ4v) is 2.72. The number of aliphatic hydroxyl groups excluding tert-OH is 1. The van der Waals surface area contributed by atoms with Crippen molar-refractivity contribution in [3.63, 3.8) is 0 Å². The van der Waals surface area contributed by atoms with E-state index >= 15 is 0 Å². The van der Waals surface area contributed by atoms with Gasteiger partial charge in [0.05, 0.1) is 23.3 Å². The summed E-state index contributed by atoms with van der Waals surface area (Å²) in [6.07, 6.45) is 0. The summed E-state index contributed by atoms with van der Waals surface area (Å²) in [6, 6.07) is 14.1. The molecule has 0 saturated heterocycles. The van der Waals surface area contributed by atoms with Crippen LogP contribution in [0.15, 0.2) is 48.5 Å². The number of rotatable bonds is 5. The van der Waals surface area contributed by atoms with Gasteiger partial charge in [-0.05, 0) is 52.4 Å². The molecule has 0 bridgehead atoms. The maximum absolute atomic E-state index is 12.1. The minimum atomic E-state index is -0.447. The molecule has 0 radical (unpaired) electrons. The van der Waals surface area contributed by atoms with Gasteiger partial charge in [-0.3, -0.25) is 4.79 Å². The Labute approximate surface area is 137 Å². The second kappa shape index (κ2) is 7.42. The van der Waals surface area contributed by atoms with Gasteiger partial charge in [-0.25, -0.2) is 0 Å². The average Bonchev–Trinajstić information content (AvgIpc) is 2.53. The Hall–Kier alpha value is -1.60. The Balaban J connectivity index is 2.16. The first-order chi connectivity index (χ1) is 10.2. The van der Waals surface area contributed by atoms with Crippen molar-refractivity contribution in [2.75, 3.05) is 13.7 Å². The molecule has 0 aliphatic rings. The zero-order valence-electron chi connectivity index (χ0n) is 11.5. The fourth-order valence-electron chi connectivity index (χ4n) is 1.96. The Bertz CT molecular complexity index is 616. The smallest absolute Gasteiger partial charge is 0.251 e. The van der Waals surface area contributed by atoms with Crippen molar-refractivity contribution in [3.8, 4) is 5.75 Å². The summed E-state index contributed by atoms with van der Waals surface area (Å²) in [5.74, 6) is 0.561. The van der Waals surface area contributed by atoms with Gasteiger partial charge in [0.15, 0.2) is 0 Å². The average molecular weight is 397 g/mol. The first-order valence-corrected chi connectivity index (χ1v) is 7.53. The highest BCUT2D eigenvalue weighted by Crippen LogP contribution is 2.24. The van der Waals surface area contributed by atoms with E-state index in [9.17, 15) is 9.90 Å². The first-order valence-electron chi connectivity index (χ1n) is 6.46. The van der Waals surface area contributed by atoms with Crippen LogP contribution in [0.1, 0.15) is 22.0 Å². The minimum absolute atomic E-state index is 0.166. The molecule has 2 N–H and O–H groups in total. The molecule has 2 aromatic rings. The molecule has 0 heterocycles. The summed E-state index contributed by atoms with van der Waals surface area (Å²) in [4.78, 5) is 12.1. The standard InChI is InChI=1S/C16H16INO3/c1-21-15-8-7-12(9-13(15)17)14(10-19)18-16(20)11-5-3-2-4-6-11/h2-9,14,19H,10H2,1H3,(H,18,20). The summed E-state index contributed by atoms with van der Waals surface area (Å²) in [5, 5.41) is 12.4. The molecule has 5 heteroatoms. The molecule has 0 saturated carbocycles. The predicted molar refractivity (Wildman–Crippen MR) is 89.4 cm³/mol. The quantitative estimate of drug-likeness (QED) is 0.763. The summed E-state index contributed by atoms with van der Waals surface area (Å²) < 4.78 is 6.14. The van der Waals surface area contributed by atoms with Crippen LogP contribution in [-0.2, 0) is 0 Å². The van der Waals surface area contributed by atoms with Gasteiger partial charge in [0, 0.05) is 5.56 Å². The summed E-state index contributed by atoms with van der Waals surface area (Å²) in [7, 11) is 1.61. The number of carbonyl (C=O) groups excluding carboxylic acids is 1. The van der Waals surface area contributed by atoms with Gasteiger partial charge in [0.2, 0.25) is 0 Å². The van der Waals surface area contributed by atoms with Crippen LogP contribution >= 0.6 is 22.6 Å². The summed E-state index contributed by atoms with van der Waals surface area (Å²) in [5.41, 5.74) is 1.41.